The summed E-state index contributed by atoms with van der Waals surface area (Å²) in [4.78, 5) is 12.0. The average Bonchev–Trinajstić information content (AvgIpc) is 2.29. The van der Waals surface area contributed by atoms with Crippen molar-refractivity contribution in [2.75, 3.05) is 7.11 Å². The van der Waals surface area contributed by atoms with Gasteiger partial charge in [0.25, 0.3) is 0 Å². The molecule has 0 aliphatic carbocycles. The Morgan fingerprint density at radius 3 is 2.50 bits per heavy atom. The van der Waals surface area contributed by atoms with Gasteiger partial charge in [0.1, 0.15) is 5.75 Å². The van der Waals surface area contributed by atoms with E-state index >= 15 is 0 Å². The SMILES string of the molecule is COc1ccc(Br)c(CC(Br)C(=O)C(C)(C)C)c1. The molecular weight excluding hydrogens is 360 g/mol. The maximum absolute atomic E-state index is 12.1. The first-order chi connectivity index (χ1) is 8.25. The maximum atomic E-state index is 12.1. The number of Topliss-reactive ketones (excluding diaryl/α,β-unsaturated/α-hetero) is 1. The van der Waals surface area contributed by atoms with E-state index in [2.05, 4.69) is 31.9 Å². The molecule has 0 radical (unpaired) electrons. The van der Waals surface area contributed by atoms with Crippen LogP contribution in [0.5, 0.6) is 5.75 Å². The van der Waals surface area contributed by atoms with E-state index in [1.54, 1.807) is 7.11 Å². The molecule has 0 saturated carbocycles. The maximum Gasteiger partial charge on any atom is 0.152 e. The van der Waals surface area contributed by atoms with Crippen LogP contribution in [0, 0.1) is 5.41 Å². The van der Waals surface area contributed by atoms with E-state index in [0.717, 1.165) is 15.8 Å². The first-order valence-electron chi connectivity index (χ1n) is 5.76. The quantitative estimate of drug-likeness (QED) is 0.728. The van der Waals surface area contributed by atoms with E-state index < -0.39 is 0 Å². The highest BCUT2D eigenvalue weighted by molar-refractivity contribution is 9.10. The molecule has 1 aromatic rings. The van der Waals surface area contributed by atoms with Crippen molar-refractivity contribution >= 4 is 37.6 Å². The molecule has 2 nitrogen and oxygen atoms in total. The highest BCUT2D eigenvalue weighted by atomic mass is 79.9. The molecular formula is C14H18Br2O2. The zero-order valence-electron chi connectivity index (χ0n) is 11.1. The van der Waals surface area contributed by atoms with Gasteiger partial charge in [0.05, 0.1) is 11.9 Å². The van der Waals surface area contributed by atoms with Crippen LogP contribution in [0.15, 0.2) is 22.7 Å². The minimum atomic E-state index is -0.334. The zero-order valence-corrected chi connectivity index (χ0v) is 14.3. The highest BCUT2D eigenvalue weighted by Crippen LogP contribution is 2.28. The molecule has 0 aliphatic rings. The molecule has 0 fully saturated rings. The van der Waals surface area contributed by atoms with Crippen LogP contribution in [-0.2, 0) is 11.2 Å². The highest BCUT2D eigenvalue weighted by Gasteiger charge is 2.28. The topological polar surface area (TPSA) is 26.3 Å². The molecule has 0 aromatic heterocycles. The van der Waals surface area contributed by atoms with Gasteiger partial charge in [0.15, 0.2) is 5.78 Å². The molecule has 0 spiro atoms. The lowest BCUT2D eigenvalue weighted by Crippen LogP contribution is -2.30. The number of hydrogen-bond donors (Lipinski definition) is 0. The number of ketones is 1. The number of carbonyl (C=O) groups is 1. The Morgan fingerprint density at radius 2 is 2.00 bits per heavy atom. The lowest BCUT2D eigenvalue weighted by molar-refractivity contribution is -0.125. The molecule has 4 heteroatoms. The van der Waals surface area contributed by atoms with E-state index in [1.165, 1.54) is 0 Å². The van der Waals surface area contributed by atoms with Gasteiger partial charge in [0.2, 0.25) is 0 Å². The fourth-order valence-corrected chi connectivity index (χ4v) is 3.03. The monoisotopic (exact) mass is 376 g/mol. The van der Waals surface area contributed by atoms with Gasteiger partial charge in [0, 0.05) is 9.89 Å². The number of hydrogen-bond acceptors (Lipinski definition) is 2. The molecule has 0 amide bonds. The summed E-state index contributed by atoms with van der Waals surface area (Å²) < 4.78 is 6.19. The Morgan fingerprint density at radius 1 is 1.39 bits per heavy atom. The summed E-state index contributed by atoms with van der Waals surface area (Å²) in [6, 6.07) is 5.78. The molecule has 1 rings (SSSR count). The zero-order chi connectivity index (χ0) is 13.9. The second-order valence-corrected chi connectivity index (χ2v) is 7.20. The van der Waals surface area contributed by atoms with Crippen molar-refractivity contribution in [3.63, 3.8) is 0 Å². The predicted molar refractivity (Wildman–Crippen MR) is 81.6 cm³/mol. The van der Waals surface area contributed by atoms with E-state index in [9.17, 15) is 4.79 Å². The third-order valence-corrected chi connectivity index (χ3v) is 4.19. The van der Waals surface area contributed by atoms with Crippen molar-refractivity contribution in [3.8, 4) is 5.75 Å². The van der Waals surface area contributed by atoms with Crippen LogP contribution in [0.3, 0.4) is 0 Å². The van der Waals surface area contributed by atoms with E-state index in [4.69, 9.17) is 4.74 Å². The Balaban J connectivity index is 2.88. The minimum absolute atomic E-state index is 0.180. The van der Waals surface area contributed by atoms with E-state index in [1.807, 2.05) is 39.0 Å². The standard InChI is InChI=1S/C14H18Br2O2/c1-14(2,3)13(17)12(16)8-9-7-10(18-4)5-6-11(9)15/h5-7,12H,8H2,1-4H3. The summed E-state index contributed by atoms with van der Waals surface area (Å²) >= 11 is 6.99. The smallest absolute Gasteiger partial charge is 0.152 e. The minimum Gasteiger partial charge on any atom is -0.497 e. The molecule has 100 valence electrons. The van der Waals surface area contributed by atoms with Gasteiger partial charge < -0.3 is 4.74 Å². The Hall–Kier alpha value is -0.350. The normalized spacial score (nSPS) is 13.2. The van der Waals surface area contributed by atoms with Gasteiger partial charge in [-0.3, -0.25) is 4.79 Å². The van der Waals surface area contributed by atoms with E-state index in [-0.39, 0.29) is 16.0 Å². The van der Waals surface area contributed by atoms with Gasteiger partial charge in [-0.2, -0.15) is 0 Å². The first-order valence-corrected chi connectivity index (χ1v) is 7.47. The lowest BCUT2D eigenvalue weighted by Gasteiger charge is -2.21. The van der Waals surface area contributed by atoms with Crippen molar-refractivity contribution in [2.45, 2.75) is 32.0 Å². The molecule has 0 saturated heterocycles. The van der Waals surface area contributed by atoms with Crippen LogP contribution >= 0.6 is 31.9 Å². The second-order valence-electron chi connectivity index (χ2n) is 5.24. The van der Waals surface area contributed by atoms with Crippen LogP contribution < -0.4 is 4.74 Å². The summed E-state index contributed by atoms with van der Waals surface area (Å²) in [6.45, 7) is 5.80. The molecule has 1 aromatic carbocycles. The van der Waals surface area contributed by atoms with Crippen LogP contribution in [-0.4, -0.2) is 17.7 Å². The lowest BCUT2D eigenvalue weighted by atomic mass is 9.87. The molecule has 0 bridgehead atoms. The van der Waals surface area contributed by atoms with E-state index in [0.29, 0.717) is 6.42 Å². The van der Waals surface area contributed by atoms with Crippen molar-refractivity contribution in [2.24, 2.45) is 5.41 Å². The predicted octanol–water partition coefficient (Wildman–Crippen LogP) is 4.38. The number of ether oxygens (including phenoxy) is 1. The number of carbonyl (C=O) groups excluding carboxylic acids is 1. The van der Waals surface area contributed by atoms with Crippen molar-refractivity contribution in [1.82, 2.24) is 0 Å². The number of rotatable bonds is 4. The first kappa shape index (κ1) is 15.7. The van der Waals surface area contributed by atoms with Gasteiger partial charge in [-0.1, -0.05) is 52.6 Å². The summed E-state index contributed by atoms with van der Waals surface area (Å²) in [5.41, 5.74) is 0.730. The molecule has 0 heterocycles. The van der Waals surface area contributed by atoms with Gasteiger partial charge in [-0.25, -0.2) is 0 Å². The van der Waals surface area contributed by atoms with Crippen molar-refractivity contribution < 1.29 is 9.53 Å². The summed E-state index contributed by atoms with van der Waals surface area (Å²) in [6.07, 6.45) is 0.647. The Kier molecular flexibility index (Phi) is 5.41. The fourth-order valence-electron chi connectivity index (χ4n) is 1.59. The molecule has 18 heavy (non-hydrogen) atoms. The van der Waals surface area contributed by atoms with Crippen LogP contribution in [0.4, 0.5) is 0 Å². The van der Waals surface area contributed by atoms with Gasteiger partial charge in [-0.05, 0) is 30.2 Å². The summed E-state index contributed by atoms with van der Waals surface area (Å²) in [5, 5.41) is 0. The van der Waals surface area contributed by atoms with Crippen molar-refractivity contribution in [3.05, 3.63) is 28.2 Å². The van der Waals surface area contributed by atoms with Gasteiger partial charge >= 0.3 is 0 Å². The molecule has 0 aliphatic heterocycles. The largest absolute Gasteiger partial charge is 0.497 e. The fraction of sp³-hybridized carbons (Fsp3) is 0.500. The Bertz CT molecular complexity index is 436. The third-order valence-electron chi connectivity index (χ3n) is 2.68. The average molecular weight is 378 g/mol. The molecule has 0 N–H and O–H groups in total. The summed E-state index contributed by atoms with van der Waals surface area (Å²) in [5.74, 6) is 1.01. The van der Waals surface area contributed by atoms with Gasteiger partial charge in [-0.15, -0.1) is 0 Å². The number of methoxy groups -OCH3 is 1. The molecule has 1 atom stereocenters. The second kappa shape index (κ2) is 6.20. The summed E-state index contributed by atoms with van der Waals surface area (Å²) in [7, 11) is 1.64. The van der Waals surface area contributed by atoms with Crippen LogP contribution in [0.25, 0.3) is 0 Å². The Labute approximate surface area is 125 Å². The van der Waals surface area contributed by atoms with Crippen molar-refractivity contribution in [1.29, 1.82) is 0 Å². The number of halogens is 2. The third kappa shape index (κ3) is 4.09. The number of benzene rings is 1. The molecule has 1 unspecified atom stereocenters. The number of alkyl halides is 1. The van der Waals surface area contributed by atoms with Crippen LogP contribution in [0.1, 0.15) is 26.3 Å². The van der Waals surface area contributed by atoms with Crippen LogP contribution in [0.2, 0.25) is 0 Å².